The van der Waals surface area contributed by atoms with Gasteiger partial charge in [0.1, 0.15) is 13.2 Å². The van der Waals surface area contributed by atoms with E-state index in [1.165, 1.54) is 199 Å². The molecule has 2 atom stereocenters. The van der Waals surface area contributed by atoms with Crippen LogP contribution >= 0.6 is 0 Å². The van der Waals surface area contributed by atoms with Gasteiger partial charge >= 0.3 is 11.9 Å². The molecule has 0 bridgehead atoms. The molecule has 2 unspecified atom stereocenters. The number of hydrogen-bond donors (Lipinski definition) is 0. The zero-order valence-corrected chi connectivity index (χ0v) is 61.8. The number of carbonyl (C=O) groups is 3. The van der Waals surface area contributed by atoms with Crippen LogP contribution in [0, 0.1) is 0 Å². The first-order valence-electron chi connectivity index (χ1n) is 39.2. The number of aliphatic carboxylic acids is 1. The van der Waals surface area contributed by atoms with Gasteiger partial charge in [0.25, 0.3) is 0 Å². The summed E-state index contributed by atoms with van der Waals surface area (Å²) >= 11 is 0. The minimum atomic E-state index is -1.63. The molecule has 0 radical (unpaired) electrons. The number of likely N-dealkylation sites (N-methyl/N-ethyl adjacent to an activating group) is 1. The summed E-state index contributed by atoms with van der Waals surface area (Å²) in [5, 5.41) is 11.9. The van der Waals surface area contributed by atoms with Gasteiger partial charge < -0.3 is 33.3 Å². The Morgan fingerprint density at radius 3 is 0.904 bits per heavy atom. The van der Waals surface area contributed by atoms with Crippen molar-refractivity contribution in [1.29, 1.82) is 0 Å². The van der Waals surface area contributed by atoms with Crippen LogP contribution in [0.5, 0.6) is 0 Å². The van der Waals surface area contributed by atoms with Crippen molar-refractivity contribution in [2.45, 2.75) is 354 Å². The number of carbonyl (C=O) groups excluding carboxylic acids is 3. The van der Waals surface area contributed by atoms with Crippen molar-refractivity contribution in [3.63, 3.8) is 0 Å². The third-order valence-corrected chi connectivity index (χ3v) is 17.0. The van der Waals surface area contributed by atoms with Crippen molar-refractivity contribution in [3.05, 3.63) is 122 Å². The highest BCUT2D eigenvalue weighted by Gasteiger charge is 2.22. The lowest BCUT2D eigenvalue weighted by molar-refractivity contribution is -0.870. The van der Waals surface area contributed by atoms with E-state index in [-0.39, 0.29) is 32.2 Å². The smallest absolute Gasteiger partial charge is 0.306 e. The van der Waals surface area contributed by atoms with Crippen molar-refractivity contribution in [3.8, 4) is 0 Å². The normalized spacial score (nSPS) is 13.3. The molecule has 0 spiro atoms. The second kappa shape index (κ2) is 74.5. The van der Waals surface area contributed by atoms with Crippen LogP contribution in [0.15, 0.2) is 122 Å². The van der Waals surface area contributed by atoms with E-state index in [2.05, 4.69) is 135 Å². The van der Waals surface area contributed by atoms with Crippen LogP contribution in [0.4, 0.5) is 0 Å². The molecule has 0 amide bonds. The minimum absolute atomic E-state index is 0.144. The Morgan fingerprint density at radius 1 is 0.330 bits per heavy atom. The average molecular weight is 1310 g/mol. The second-order valence-electron chi connectivity index (χ2n) is 27.3. The third-order valence-electron chi connectivity index (χ3n) is 17.0. The lowest BCUT2D eigenvalue weighted by Crippen LogP contribution is -2.44. The molecule has 0 aliphatic carbocycles. The number of esters is 2. The van der Waals surface area contributed by atoms with Crippen LogP contribution in [0.1, 0.15) is 341 Å². The van der Waals surface area contributed by atoms with E-state index < -0.39 is 24.3 Å². The average Bonchev–Trinajstić information content (AvgIpc) is 3.42. The van der Waals surface area contributed by atoms with Gasteiger partial charge in [0.15, 0.2) is 12.4 Å². The topological polar surface area (TPSA) is 111 Å². The molecular formula is C85H147NO8. The quantitative estimate of drug-likeness (QED) is 0.0195. The SMILES string of the molecule is CC/C=C\C/C=C\C/C=C\C/C=C\C/C=C\C/C=C\C/C=C\C/C=C\C/C=C\C/C=C\CCCCCCCCCCCCC(=O)OC(COC(=O)CCCCCCCCCCCCCCCCCCCCCCCCCCCCCC)COC(OCC[N+](C)(C)C)C(=O)[O-]. The Kier molecular flexibility index (Phi) is 71.1. The van der Waals surface area contributed by atoms with Gasteiger partial charge in [0, 0.05) is 12.8 Å². The second-order valence-corrected chi connectivity index (χ2v) is 27.3. The number of hydrogen-bond acceptors (Lipinski definition) is 8. The molecular weight excluding hydrogens is 1160 g/mol. The van der Waals surface area contributed by atoms with E-state index in [0.717, 1.165) is 109 Å². The van der Waals surface area contributed by atoms with Crippen molar-refractivity contribution in [1.82, 2.24) is 0 Å². The molecule has 0 saturated carbocycles. The summed E-state index contributed by atoms with van der Waals surface area (Å²) in [7, 11) is 5.94. The zero-order chi connectivity index (χ0) is 68.2. The molecule has 0 aliphatic rings. The van der Waals surface area contributed by atoms with Crippen molar-refractivity contribution < 1.29 is 42.9 Å². The molecule has 540 valence electrons. The van der Waals surface area contributed by atoms with Crippen LogP contribution in [-0.4, -0.2) is 82.3 Å². The van der Waals surface area contributed by atoms with Gasteiger partial charge in [-0.2, -0.15) is 0 Å². The Balaban J connectivity index is 4.09. The van der Waals surface area contributed by atoms with E-state index in [1.807, 2.05) is 21.1 Å². The van der Waals surface area contributed by atoms with E-state index in [4.69, 9.17) is 18.9 Å². The number of unbranched alkanes of at least 4 members (excludes halogenated alkanes) is 37. The highest BCUT2D eigenvalue weighted by molar-refractivity contribution is 5.70. The number of quaternary nitrogens is 1. The summed E-state index contributed by atoms with van der Waals surface area (Å²) in [6.07, 6.45) is 103. The fourth-order valence-electron chi connectivity index (χ4n) is 11.0. The molecule has 0 aromatic rings. The van der Waals surface area contributed by atoms with E-state index >= 15 is 0 Å². The molecule has 0 heterocycles. The summed E-state index contributed by atoms with van der Waals surface area (Å²) < 4.78 is 22.8. The van der Waals surface area contributed by atoms with Gasteiger partial charge in [-0.3, -0.25) is 9.59 Å². The van der Waals surface area contributed by atoms with Gasteiger partial charge in [0.2, 0.25) is 0 Å². The molecule has 0 N–H and O–H groups in total. The Morgan fingerprint density at radius 2 is 0.606 bits per heavy atom. The fraction of sp³-hybridized carbons (Fsp3) is 0.729. The van der Waals surface area contributed by atoms with E-state index in [1.54, 1.807) is 0 Å². The lowest BCUT2D eigenvalue weighted by Gasteiger charge is -2.26. The number of carboxylic acids is 1. The predicted octanol–water partition coefficient (Wildman–Crippen LogP) is 23.8. The van der Waals surface area contributed by atoms with E-state index in [0.29, 0.717) is 23.9 Å². The molecule has 0 aromatic carbocycles. The van der Waals surface area contributed by atoms with Crippen LogP contribution < -0.4 is 5.11 Å². The predicted molar refractivity (Wildman–Crippen MR) is 403 cm³/mol. The van der Waals surface area contributed by atoms with Gasteiger partial charge in [-0.1, -0.05) is 360 Å². The monoisotopic (exact) mass is 1310 g/mol. The number of nitrogens with zero attached hydrogens (tertiary/aromatic N) is 1. The molecule has 0 aromatic heterocycles. The third kappa shape index (κ3) is 75.1. The zero-order valence-electron chi connectivity index (χ0n) is 61.8. The summed E-state index contributed by atoms with van der Waals surface area (Å²) in [5.41, 5.74) is 0. The van der Waals surface area contributed by atoms with Crippen LogP contribution in [0.25, 0.3) is 0 Å². The highest BCUT2D eigenvalue weighted by atomic mass is 16.7. The molecule has 0 rings (SSSR count). The van der Waals surface area contributed by atoms with Crippen molar-refractivity contribution >= 4 is 17.9 Å². The minimum Gasteiger partial charge on any atom is -0.545 e. The maximum Gasteiger partial charge on any atom is 0.306 e. The molecule has 0 fully saturated rings. The molecule has 0 aliphatic heterocycles. The first kappa shape index (κ1) is 89.7. The summed E-state index contributed by atoms with van der Waals surface area (Å²) in [4.78, 5) is 37.6. The number of carboxylic acid groups (broad SMARTS) is 1. The summed E-state index contributed by atoms with van der Waals surface area (Å²) in [6.45, 7) is 4.67. The largest absolute Gasteiger partial charge is 0.545 e. The van der Waals surface area contributed by atoms with Gasteiger partial charge in [0.05, 0.1) is 40.3 Å². The Labute approximate surface area is 580 Å². The number of allylic oxidation sites excluding steroid dienone is 20. The molecule has 9 nitrogen and oxygen atoms in total. The Hall–Kier alpha value is -4.31. The summed E-state index contributed by atoms with van der Waals surface area (Å²) in [5.74, 6) is -2.28. The van der Waals surface area contributed by atoms with Crippen molar-refractivity contribution in [2.24, 2.45) is 0 Å². The Bertz CT molecular complexity index is 1960. The maximum atomic E-state index is 13.0. The van der Waals surface area contributed by atoms with Crippen LogP contribution in [0.3, 0.4) is 0 Å². The van der Waals surface area contributed by atoms with Gasteiger partial charge in [-0.15, -0.1) is 0 Å². The number of ether oxygens (including phenoxy) is 4. The fourth-order valence-corrected chi connectivity index (χ4v) is 11.0. The highest BCUT2D eigenvalue weighted by Crippen LogP contribution is 2.18. The molecule has 94 heavy (non-hydrogen) atoms. The lowest BCUT2D eigenvalue weighted by atomic mass is 10.0. The molecule has 9 heteroatoms. The maximum absolute atomic E-state index is 13.0. The van der Waals surface area contributed by atoms with Crippen LogP contribution in [-0.2, 0) is 33.3 Å². The summed E-state index contributed by atoms with van der Waals surface area (Å²) in [6, 6.07) is 0. The molecule has 0 saturated heterocycles. The first-order chi connectivity index (χ1) is 46.1. The first-order valence-corrected chi connectivity index (χ1v) is 39.2. The number of rotatable bonds is 72. The van der Waals surface area contributed by atoms with Crippen LogP contribution in [0.2, 0.25) is 0 Å². The van der Waals surface area contributed by atoms with Gasteiger partial charge in [-0.05, 0) is 89.9 Å². The van der Waals surface area contributed by atoms with E-state index in [9.17, 15) is 19.5 Å². The van der Waals surface area contributed by atoms with Gasteiger partial charge in [-0.25, -0.2) is 0 Å². The van der Waals surface area contributed by atoms with Crippen molar-refractivity contribution in [2.75, 3.05) is 47.5 Å². The standard InChI is InChI=1S/C85H147NO8/c1-6-8-10-12-14-16-18-20-22-24-26-28-30-32-34-36-37-38-39-40-41-42-43-44-45-46-47-48-50-52-54-56-58-60-62-64-66-68-70-72-74-76-83(88)94-81(80-93-85(84(89)90)91-78-77-86(3,4)5)79-92-82(87)75-73-71-69-67-65-63-61-59-57-55-53-51-49-35-33-31-29-27-25-23-21-19-17-15-13-11-9-7-2/h8,10,14,16,20,22,26,28,32,34,37-38,40-41,43-44,46-47,50,52,81,85H,6-7,9,11-13,15,17-19,21,23-25,27,29-31,33,35-36,39,42,45,48-49,51,53-80H2,1-5H3/b10-8-,16-14-,22-20-,28-26-,34-32-,38-37-,41-40-,44-43-,47-46-,52-50-.